The van der Waals surface area contributed by atoms with Gasteiger partial charge in [0, 0.05) is 17.7 Å². The second-order valence-corrected chi connectivity index (χ2v) is 4.41. The Labute approximate surface area is 104 Å². The summed E-state index contributed by atoms with van der Waals surface area (Å²) in [5.74, 6) is 6.22. The van der Waals surface area contributed by atoms with Crippen LogP contribution < -0.4 is 5.32 Å². The number of hydrogen-bond acceptors (Lipinski definition) is 2. The van der Waals surface area contributed by atoms with E-state index >= 15 is 0 Å². The van der Waals surface area contributed by atoms with E-state index in [9.17, 15) is 0 Å². The average Bonchev–Trinajstić information content (AvgIpc) is 2.36. The molecule has 1 atom stereocenters. The van der Waals surface area contributed by atoms with E-state index in [4.69, 9.17) is 5.11 Å². The van der Waals surface area contributed by atoms with Gasteiger partial charge in [0.1, 0.15) is 0 Å². The minimum Gasteiger partial charge on any atom is -0.396 e. The van der Waals surface area contributed by atoms with Gasteiger partial charge in [-0.25, -0.2) is 0 Å². The summed E-state index contributed by atoms with van der Waals surface area (Å²) in [5, 5.41) is 12.4. The van der Waals surface area contributed by atoms with Gasteiger partial charge < -0.3 is 10.4 Å². The van der Waals surface area contributed by atoms with Gasteiger partial charge in [-0.15, -0.1) is 0 Å². The first-order valence-electron chi connectivity index (χ1n) is 6.10. The molecule has 0 aliphatic carbocycles. The molecular formula is C15H21NO. The largest absolute Gasteiger partial charge is 0.396 e. The molecule has 1 rings (SSSR count). The normalized spacial score (nSPS) is 13.6. The Kier molecular flexibility index (Phi) is 5.76. The van der Waals surface area contributed by atoms with Crippen molar-refractivity contribution >= 4 is 0 Å². The van der Waals surface area contributed by atoms with Crippen LogP contribution in [0.3, 0.4) is 0 Å². The second kappa shape index (κ2) is 7.11. The predicted molar refractivity (Wildman–Crippen MR) is 71.7 cm³/mol. The highest BCUT2D eigenvalue weighted by molar-refractivity contribution is 5.33. The minimum atomic E-state index is -0.0138. The van der Waals surface area contributed by atoms with Crippen molar-refractivity contribution < 1.29 is 5.11 Å². The van der Waals surface area contributed by atoms with Crippen LogP contribution in [0.5, 0.6) is 0 Å². The van der Waals surface area contributed by atoms with Crippen molar-refractivity contribution in [3.63, 3.8) is 0 Å². The van der Waals surface area contributed by atoms with Crippen molar-refractivity contribution in [2.24, 2.45) is 0 Å². The Morgan fingerprint density at radius 2 is 2.00 bits per heavy atom. The molecule has 0 spiro atoms. The van der Waals surface area contributed by atoms with Crippen molar-refractivity contribution in [1.82, 2.24) is 5.32 Å². The van der Waals surface area contributed by atoms with Crippen LogP contribution in [0, 0.1) is 11.8 Å². The number of hydrogen-bond donors (Lipinski definition) is 2. The zero-order valence-corrected chi connectivity index (χ0v) is 10.7. The number of rotatable bonds is 5. The first-order valence-corrected chi connectivity index (χ1v) is 6.10. The van der Waals surface area contributed by atoms with Crippen molar-refractivity contribution in [2.75, 3.05) is 13.2 Å². The lowest BCUT2D eigenvalue weighted by atomic mass is 9.95. The van der Waals surface area contributed by atoms with E-state index in [1.807, 2.05) is 30.3 Å². The summed E-state index contributed by atoms with van der Waals surface area (Å²) in [6.07, 6.45) is 1.75. The predicted octanol–water partition coefficient (Wildman–Crippen LogP) is 2.18. The van der Waals surface area contributed by atoms with E-state index in [-0.39, 0.29) is 12.1 Å². The van der Waals surface area contributed by atoms with Crippen LogP contribution in [0.15, 0.2) is 30.3 Å². The van der Waals surface area contributed by atoms with Crippen LogP contribution in [0.1, 0.15) is 32.3 Å². The van der Waals surface area contributed by atoms with Gasteiger partial charge in [-0.3, -0.25) is 0 Å². The Morgan fingerprint density at radius 1 is 1.29 bits per heavy atom. The smallest absolute Gasteiger partial charge is 0.0584 e. The molecule has 2 N–H and O–H groups in total. The van der Waals surface area contributed by atoms with Gasteiger partial charge in [0.05, 0.1) is 6.54 Å². The molecule has 0 aliphatic rings. The maximum absolute atomic E-state index is 8.99. The zero-order chi connectivity index (χ0) is 12.6. The minimum absolute atomic E-state index is 0.0138. The number of aliphatic hydroxyl groups excluding tert-OH is 1. The fourth-order valence-corrected chi connectivity index (χ4v) is 1.56. The Morgan fingerprint density at radius 3 is 2.59 bits per heavy atom. The molecule has 1 aromatic carbocycles. The fourth-order valence-electron chi connectivity index (χ4n) is 1.56. The molecular weight excluding hydrogens is 210 g/mol. The summed E-state index contributed by atoms with van der Waals surface area (Å²) < 4.78 is 0. The van der Waals surface area contributed by atoms with Crippen molar-refractivity contribution in [1.29, 1.82) is 0 Å². The van der Waals surface area contributed by atoms with Gasteiger partial charge in [0.25, 0.3) is 0 Å². The first kappa shape index (κ1) is 13.8. The van der Waals surface area contributed by atoms with Crippen LogP contribution in [-0.4, -0.2) is 23.8 Å². The van der Waals surface area contributed by atoms with E-state index < -0.39 is 0 Å². The third-order valence-corrected chi connectivity index (χ3v) is 3.05. The van der Waals surface area contributed by atoms with Crippen LogP contribution in [0.2, 0.25) is 0 Å². The van der Waals surface area contributed by atoms with E-state index in [0.29, 0.717) is 6.54 Å². The van der Waals surface area contributed by atoms with Gasteiger partial charge in [-0.1, -0.05) is 37.0 Å². The molecule has 0 saturated carbocycles. The van der Waals surface area contributed by atoms with E-state index in [1.54, 1.807) is 0 Å². The standard InChI is InChI=1S/C15H21NO/c1-3-15(2,11-13-17)16-12-7-10-14-8-5-4-6-9-14/h4-6,8-9,16-17H,3,11-13H2,1-2H3. The number of aliphatic hydroxyl groups is 1. The van der Waals surface area contributed by atoms with Gasteiger partial charge in [0.15, 0.2) is 0 Å². The number of benzene rings is 1. The molecule has 2 heteroatoms. The molecule has 17 heavy (non-hydrogen) atoms. The molecule has 0 aliphatic heterocycles. The quantitative estimate of drug-likeness (QED) is 0.761. The van der Waals surface area contributed by atoms with Crippen molar-refractivity contribution in [3.05, 3.63) is 35.9 Å². The SMILES string of the molecule is CCC(C)(CCO)NCC#Cc1ccccc1. The monoisotopic (exact) mass is 231 g/mol. The second-order valence-electron chi connectivity index (χ2n) is 4.41. The maximum atomic E-state index is 8.99. The van der Waals surface area contributed by atoms with E-state index in [2.05, 4.69) is 31.0 Å². The Hall–Kier alpha value is -1.30. The molecule has 0 heterocycles. The molecule has 2 nitrogen and oxygen atoms in total. The maximum Gasteiger partial charge on any atom is 0.0584 e. The summed E-state index contributed by atoms with van der Waals surface area (Å²) in [5.41, 5.74) is 1.02. The lowest BCUT2D eigenvalue weighted by Gasteiger charge is -2.27. The summed E-state index contributed by atoms with van der Waals surface area (Å²) in [7, 11) is 0. The van der Waals surface area contributed by atoms with Crippen LogP contribution in [0.4, 0.5) is 0 Å². The fraction of sp³-hybridized carbons (Fsp3) is 0.467. The van der Waals surface area contributed by atoms with Gasteiger partial charge >= 0.3 is 0 Å². The summed E-state index contributed by atoms with van der Waals surface area (Å²) in [6.45, 7) is 5.10. The third-order valence-electron chi connectivity index (χ3n) is 3.05. The third kappa shape index (κ3) is 5.04. The lowest BCUT2D eigenvalue weighted by Crippen LogP contribution is -2.42. The highest BCUT2D eigenvalue weighted by Gasteiger charge is 2.19. The molecule has 0 amide bonds. The molecule has 0 bridgehead atoms. The average molecular weight is 231 g/mol. The van der Waals surface area contributed by atoms with Crippen LogP contribution in [0.25, 0.3) is 0 Å². The Balaban J connectivity index is 2.44. The van der Waals surface area contributed by atoms with Crippen LogP contribution >= 0.6 is 0 Å². The summed E-state index contributed by atoms with van der Waals surface area (Å²) in [4.78, 5) is 0. The molecule has 0 aromatic heterocycles. The van der Waals surface area contributed by atoms with Crippen molar-refractivity contribution in [2.45, 2.75) is 32.2 Å². The zero-order valence-electron chi connectivity index (χ0n) is 10.7. The summed E-state index contributed by atoms with van der Waals surface area (Å²) in [6, 6.07) is 9.96. The molecule has 0 fully saturated rings. The van der Waals surface area contributed by atoms with Gasteiger partial charge in [-0.05, 0) is 31.9 Å². The number of nitrogens with one attached hydrogen (secondary N) is 1. The molecule has 92 valence electrons. The molecule has 0 saturated heterocycles. The van der Waals surface area contributed by atoms with E-state index in [0.717, 1.165) is 18.4 Å². The topological polar surface area (TPSA) is 32.3 Å². The van der Waals surface area contributed by atoms with Crippen molar-refractivity contribution in [3.8, 4) is 11.8 Å². The molecule has 0 radical (unpaired) electrons. The highest BCUT2D eigenvalue weighted by atomic mass is 16.3. The van der Waals surface area contributed by atoms with Gasteiger partial charge in [0.2, 0.25) is 0 Å². The lowest BCUT2D eigenvalue weighted by molar-refractivity contribution is 0.220. The molecule has 1 aromatic rings. The summed E-state index contributed by atoms with van der Waals surface area (Å²) >= 11 is 0. The highest BCUT2D eigenvalue weighted by Crippen LogP contribution is 2.12. The first-order chi connectivity index (χ1) is 8.20. The van der Waals surface area contributed by atoms with E-state index in [1.165, 1.54) is 0 Å². The van der Waals surface area contributed by atoms with Crippen LogP contribution in [-0.2, 0) is 0 Å². The van der Waals surface area contributed by atoms with Gasteiger partial charge in [-0.2, -0.15) is 0 Å². The molecule has 1 unspecified atom stereocenters. The Bertz CT molecular complexity index is 377.